The zero-order valence-electron chi connectivity index (χ0n) is 11.9. The molecule has 102 valence electrons. The van der Waals surface area contributed by atoms with Crippen molar-refractivity contribution >= 4 is 0 Å². The van der Waals surface area contributed by atoms with E-state index in [4.69, 9.17) is 4.74 Å². The number of rotatable bonds is 9. The summed E-state index contributed by atoms with van der Waals surface area (Å²) in [6.45, 7) is 9.24. The van der Waals surface area contributed by atoms with Gasteiger partial charge < -0.3 is 10.1 Å². The summed E-state index contributed by atoms with van der Waals surface area (Å²) in [6.07, 6.45) is 5.40. The molecule has 3 nitrogen and oxygen atoms in total. The molecule has 0 aliphatic heterocycles. The van der Waals surface area contributed by atoms with E-state index in [0.29, 0.717) is 5.92 Å². The molecule has 0 aliphatic carbocycles. The fourth-order valence-corrected chi connectivity index (χ4v) is 1.81. The van der Waals surface area contributed by atoms with Crippen LogP contribution in [0.15, 0.2) is 18.3 Å². The van der Waals surface area contributed by atoms with Crippen molar-refractivity contribution in [1.29, 1.82) is 0 Å². The summed E-state index contributed by atoms with van der Waals surface area (Å²) >= 11 is 0. The second kappa shape index (κ2) is 8.92. The van der Waals surface area contributed by atoms with Crippen molar-refractivity contribution in [3.05, 3.63) is 24.0 Å². The third-order valence-corrected chi connectivity index (χ3v) is 2.85. The van der Waals surface area contributed by atoms with Crippen LogP contribution in [-0.4, -0.2) is 18.1 Å². The molecule has 0 spiro atoms. The molecule has 0 fully saturated rings. The van der Waals surface area contributed by atoms with Crippen LogP contribution in [0.3, 0.4) is 0 Å². The largest absolute Gasteiger partial charge is 0.492 e. The SMILES string of the molecule is CCCNCc1ccc(OCC(C)CCC)cn1. The molecule has 1 aromatic rings. The molecular formula is C15H26N2O. The molecule has 1 atom stereocenters. The average Bonchev–Trinajstić information content (AvgIpc) is 2.38. The first-order valence-corrected chi connectivity index (χ1v) is 7.04. The van der Waals surface area contributed by atoms with Crippen LogP contribution in [0.1, 0.15) is 45.7 Å². The quantitative estimate of drug-likeness (QED) is 0.682. The standard InChI is InChI=1S/C15H26N2O/c1-4-6-13(3)12-18-15-8-7-14(17-11-15)10-16-9-5-2/h7-8,11,13,16H,4-6,9-10,12H2,1-3H3. The molecule has 0 saturated heterocycles. The highest BCUT2D eigenvalue weighted by Crippen LogP contribution is 2.12. The first-order chi connectivity index (χ1) is 8.76. The lowest BCUT2D eigenvalue weighted by molar-refractivity contribution is 0.250. The zero-order chi connectivity index (χ0) is 13.2. The Bertz CT molecular complexity index is 311. The minimum Gasteiger partial charge on any atom is -0.492 e. The molecule has 1 heterocycles. The lowest BCUT2D eigenvalue weighted by Crippen LogP contribution is -2.14. The van der Waals surface area contributed by atoms with Gasteiger partial charge in [0.05, 0.1) is 18.5 Å². The van der Waals surface area contributed by atoms with Crippen LogP contribution >= 0.6 is 0 Å². The van der Waals surface area contributed by atoms with E-state index < -0.39 is 0 Å². The van der Waals surface area contributed by atoms with E-state index in [2.05, 4.69) is 31.1 Å². The van der Waals surface area contributed by atoms with E-state index in [-0.39, 0.29) is 0 Å². The van der Waals surface area contributed by atoms with Crippen molar-refractivity contribution < 1.29 is 4.74 Å². The normalized spacial score (nSPS) is 12.4. The fourth-order valence-electron chi connectivity index (χ4n) is 1.81. The second-order valence-electron chi connectivity index (χ2n) is 4.87. The van der Waals surface area contributed by atoms with Gasteiger partial charge in [0.25, 0.3) is 0 Å². The average molecular weight is 250 g/mol. The number of nitrogens with zero attached hydrogens (tertiary/aromatic N) is 1. The molecule has 1 N–H and O–H groups in total. The maximum Gasteiger partial charge on any atom is 0.137 e. The van der Waals surface area contributed by atoms with Crippen molar-refractivity contribution in [1.82, 2.24) is 10.3 Å². The second-order valence-corrected chi connectivity index (χ2v) is 4.87. The minimum absolute atomic E-state index is 0.612. The van der Waals surface area contributed by atoms with E-state index in [1.165, 1.54) is 12.8 Å². The molecule has 0 bridgehead atoms. The van der Waals surface area contributed by atoms with Gasteiger partial charge in [0.2, 0.25) is 0 Å². The van der Waals surface area contributed by atoms with Crippen LogP contribution in [0, 0.1) is 5.92 Å². The van der Waals surface area contributed by atoms with Crippen LogP contribution in [-0.2, 0) is 6.54 Å². The molecule has 0 aliphatic rings. The third-order valence-electron chi connectivity index (χ3n) is 2.85. The van der Waals surface area contributed by atoms with Crippen LogP contribution < -0.4 is 10.1 Å². The molecule has 18 heavy (non-hydrogen) atoms. The maximum absolute atomic E-state index is 5.72. The van der Waals surface area contributed by atoms with E-state index >= 15 is 0 Å². The number of hydrogen-bond acceptors (Lipinski definition) is 3. The number of nitrogens with one attached hydrogen (secondary N) is 1. The highest BCUT2D eigenvalue weighted by molar-refractivity contribution is 5.19. The number of pyridine rings is 1. The predicted molar refractivity (Wildman–Crippen MR) is 75.8 cm³/mol. The summed E-state index contributed by atoms with van der Waals surface area (Å²) in [6, 6.07) is 4.04. The van der Waals surface area contributed by atoms with Crippen molar-refractivity contribution in [2.75, 3.05) is 13.2 Å². The molecule has 1 rings (SSSR count). The summed E-state index contributed by atoms with van der Waals surface area (Å²) in [5, 5.41) is 3.33. The van der Waals surface area contributed by atoms with Crippen LogP contribution in [0.25, 0.3) is 0 Å². The van der Waals surface area contributed by atoms with Gasteiger partial charge in [0.15, 0.2) is 0 Å². The summed E-state index contributed by atoms with van der Waals surface area (Å²) in [5.74, 6) is 1.48. The summed E-state index contributed by atoms with van der Waals surface area (Å²) in [4.78, 5) is 4.39. The lowest BCUT2D eigenvalue weighted by atomic mass is 10.1. The van der Waals surface area contributed by atoms with Crippen molar-refractivity contribution in [3.8, 4) is 5.75 Å². The highest BCUT2D eigenvalue weighted by Gasteiger charge is 2.02. The van der Waals surface area contributed by atoms with Gasteiger partial charge in [-0.05, 0) is 37.4 Å². The monoisotopic (exact) mass is 250 g/mol. The van der Waals surface area contributed by atoms with Gasteiger partial charge >= 0.3 is 0 Å². The van der Waals surface area contributed by atoms with E-state index in [1.54, 1.807) is 0 Å². The Morgan fingerprint density at radius 1 is 1.28 bits per heavy atom. The smallest absolute Gasteiger partial charge is 0.137 e. The van der Waals surface area contributed by atoms with Crippen LogP contribution in [0.4, 0.5) is 0 Å². The van der Waals surface area contributed by atoms with Gasteiger partial charge in [0, 0.05) is 6.54 Å². The molecule has 0 aromatic carbocycles. The Morgan fingerprint density at radius 2 is 2.11 bits per heavy atom. The Balaban J connectivity index is 2.31. The first-order valence-electron chi connectivity index (χ1n) is 7.04. The van der Waals surface area contributed by atoms with E-state index in [0.717, 1.165) is 37.6 Å². The zero-order valence-corrected chi connectivity index (χ0v) is 11.9. The van der Waals surface area contributed by atoms with Gasteiger partial charge in [-0.15, -0.1) is 0 Å². The van der Waals surface area contributed by atoms with Gasteiger partial charge in [-0.1, -0.05) is 27.2 Å². The number of ether oxygens (including phenoxy) is 1. The molecule has 0 amide bonds. The Hall–Kier alpha value is -1.09. The van der Waals surface area contributed by atoms with Crippen molar-refractivity contribution in [2.24, 2.45) is 5.92 Å². The van der Waals surface area contributed by atoms with Gasteiger partial charge in [-0.3, -0.25) is 4.98 Å². The van der Waals surface area contributed by atoms with Crippen molar-refractivity contribution in [2.45, 2.75) is 46.6 Å². The summed E-state index contributed by atoms with van der Waals surface area (Å²) < 4.78 is 5.72. The van der Waals surface area contributed by atoms with Crippen LogP contribution in [0.2, 0.25) is 0 Å². The van der Waals surface area contributed by atoms with E-state index in [9.17, 15) is 0 Å². The van der Waals surface area contributed by atoms with E-state index in [1.807, 2.05) is 18.3 Å². The minimum atomic E-state index is 0.612. The summed E-state index contributed by atoms with van der Waals surface area (Å²) in [7, 11) is 0. The predicted octanol–water partition coefficient (Wildman–Crippen LogP) is 3.40. The molecule has 3 heteroatoms. The van der Waals surface area contributed by atoms with Gasteiger partial charge in [0.1, 0.15) is 5.75 Å². The van der Waals surface area contributed by atoms with Crippen LogP contribution in [0.5, 0.6) is 5.75 Å². The Morgan fingerprint density at radius 3 is 2.72 bits per heavy atom. The molecule has 0 saturated carbocycles. The lowest BCUT2D eigenvalue weighted by Gasteiger charge is -2.12. The number of aromatic nitrogens is 1. The van der Waals surface area contributed by atoms with Gasteiger partial charge in [-0.25, -0.2) is 0 Å². The maximum atomic E-state index is 5.72. The number of hydrogen-bond donors (Lipinski definition) is 1. The summed E-state index contributed by atoms with van der Waals surface area (Å²) in [5.41, 5.74) is 1.07. The Kier molecular flexibility index (Phi) is 7.42. The first kappa shape index (κ1) is 15.0. The third kappa shape index (κ3) is 6.01. The fraction of sp³-hybridized carbons (Fsp3) is 0.667. The molecule has 0 radical (unpaired) electrons. The van der Waals surface area contributed by atoms with Gasteiger partial charge in [-0.2, -0.15) is 0 Å². The highest BCUT2D eigenvalue weighted by atomic mass is 16.5. The molecule has 1 aromatic heterocycles. The Labute approximate surface area is 111 Å². The topological polar surface area (TPSA) is 34.1 Å². The molecular weight excluding hydrogens is 224 g/mol. The van der Waals surface area contributed by atoms with Crippen molar-refractivity contribution in [3.63, 3.8) is 0 Å². The molecule has 1 unspecified atom stereocenters.